The molecule has 0 radical (unpaired) electrons. The van der Waals surface area contributed by atoms with E-state index in [2.05, 4.69) is 24.3 Å². The van der Waals surface area contributed by atoms with Crippen molar-refractivity contribution in [3.8, 4) is 0 Å². The van der Waals surface area contributed by atoms with Gasteiger partial charge in [-0.15, -0.1) is 0 Å². The van der Waals surface area contributed by atoms with Crippen LogP contribution in [0.15, 0.2) is 24.3 Å². The molecular formula is C28H50N2O5. The van der Waals surface area contributed by atoms with E-state index in [1.807, 2.05) is 0 Å². The Bertz CT molecular complexity index is 620. The van der Waals surface area contributed by atoms with Crippen molar-refractivity contribution >= 4 is 0 Å². The van der Waals surface area contributed by atoms with Gasteiger partial charge in [0.25, 0.3) is 0 Å². The Balaban J connectivity index is 1.63. The zero-order valence-corrected chi connectivity index (χ0v) is 21.8. The molecule has 7 N–H and O–H groups in total. The van der Waals surface area contributed by atoms with Gasteiger partial charge in [-0.1, -0.05) is 24.3 Å². The topological polar surface area (TPSA) is 131 Å². The van der Waals surface area contributed by atoms with Crippen LogP contribution in [0.1, 0.15) is 57.8 Å². The van der Waals surface area contributed by atoms with Crippen molar-refractivity contribution in [2.75, 3.05) is 27.3 Å². The first-order valence-electron chi connectivity index (χ1n) is 13.8. The van der Waals surface area contributed by atoms with Crippen molar-refractivity contribution in [1.29, 1.82) is 0 Å². The molecule has 0 heterocycles. The van der Waals surface area contributed by atoms with Crippen LogP contribution in [0.4, 0.5) is 0 Å². The highest BCUT2D eigenvalue weighted by Crippen LogP contribution is 2.39. The highest BCUT2D eigenvalue weighted by atomic mass is 16.5. The molecule has 0 bridgehead atoms. The van der Waals surface area contributed by atoms with Crippen molar-refractivity contribution in [1.82, 2.24) is 0 Å². The maximum absolute atomic E-state index is 10.6. The molecule has 10 atom stereocenters. The number of hydrogen-bond acceptors (Lipinski definition) is 7. The molecule has 202 valence electrons. The van der Waals surface area contributed by atoms with Gasteiger partial charge in [-0.2, -0.15) is 0 Å². The normalized spacial score (nSPS) is 43.2. The average molecular weight is 495 g/mol. The van der Waals surface area contributed by atoms with Gasteiger partial charge in [0.15, 0.2) is 0 Å². The molecule has 0 amide bonds. The van der Waals surface area contributed by atoms with Crippen LogP contribution in [-0.4, -0.2) is 73.1 Å². The van der Waals surface area contributed by atoms with E-state index in [4.69, 9.17) is 20.9 Å². The lowest BCUT2D eigenvalue weighted by molar-refractivity contribution is -0.0832. The first-order valence-corrected chi connectivity index (χ1v) is 13.8. The minimum atomic E-state index is -0.422. The molecule has 3 saturated carbocycles. The quantitative estimate of drug-likeness (QED) is 0.295. The van der Waals surface area contributed by atoms with E-state index in [9.17, 15) is 15.3 Å². The van der Waals surface area contributed by atoms with Gasteiger partial charge in [0.1, 0.15) is 0 Å². The monoisotopic (exact) mass is 494 g/mol. The van der Waals surface area contributed by atoms with E-state index >= 15 is 0 Å². The maximum atomic E-state index is 10.6. The Labute approximate surface area is 211 Å². The number of nitrogens with two attached hydrogens (primary N) is 2. The van der Waals surface area contributed by atoms with E-state index in [0.29, 0.717) is 36.8 Å². The number of ether oxygens (including phenoxy) is 2. The van der Waals surface area contributed by atoms with Crippen molar-refractivity contribution in [2.24, 2.45) is 47.0 Å². The summed E-state index contributed by atoms with van der Waals surface area (Å²) >= 11 is 0. The molecule has 3 rings (SSSR count). The first-order chi connectivity index (χ1) is 16.9. The summed E-state index contributed by atoms with van der Waals surface area (Å²) in [6.45, 7) is 1.17. The Kier molecular flexibility index (Phi) is 11.7. The van der Waals surface area contributed by atoms with Crippen LogP contribution < -0.4 is 11.5 Å². The second-order valence-corrected chi connectivity index (χ2v) is 11.2. The van der Waals surface area contributed by atoms with E-state index in [0.717, 1.165) is 57.8 Å². The van der Waals surface area contributed by atoms with Crippen LogP contribution in [0.5, 0.6) is 0 Å². The summed E-state index contributed by atoms with van der Waals surface area (Å²) in [5.74, 6) is 1.81. The first kappa shape index (κ1) is 28.8. The van der Waals surface area contributed by atoms with Gasteiger partial charge in [0.05, 0.1) is 30.5 Å². The van der Waals surface area contributed by atoms with Crippen LogP contribution in [0.2, 0.25) is 0 Å². The van der Waals surface area contributed by atoms with E-state index in [1.165, 1.54) is 0 Å². The zero-order chi connectivity index (χ0) is 25.4. The molecule has 3 fully saturated rings. The van der Waals surface area contributed by atoms with Gasteiger partial charge in [-0.3, -0.25) is 0 Å². The maximum Gasteiger partial charge on any atom is 0.0864 e. The third-order valence-electron chi connectivity index (χ3n) is 8.85. The summed E-state index contributed by atoms with van der Waals surface area (Å²) in [4.78, 5) is 0. The Morgan fingerprint density at radius 3 is 1.46 bits per heavy atom. The lowest BCUT2D eigenvalue weighted by Gasteiger charge is -2.40. The van der Waals surface area contributed by atoms with Gasteiger partial charge in [0, 0.05) is 14.2 Å². The third-order valence-corrected chi connectivity index (χ3v) is 8.85. The second kappa shape index (κ2) is 14.2. The predicted octanol–water partition coefficient (Wildman–Crippen LogP) is 2.38. The molecule has 7 heteroatoms. The lowest BCUT2D eigenvalue weighted by Crippen LogP contribution is -2.44. The largest absolute Gasteiger partial charge is 0.393 e. The van der Waals surface area contributed by atoms with Crippen molar-refractivity contribution in [2.45, 2.75) is 88.3 Å². The van der Waals surface area contributed by atoms with E-state index < -0.39 is 12.2 Å². The third kappa shape index (κ3) is 7.60. The zero-order valence-electron chi connectivity index (χ0n) is 21.8. The Morgan fingerprint density at radius 2 is 1.09 bits per heavy atom. The molecule has 0 aromatic carbocycles. The van der Waals surface area contributed by atoms with Gasteiger partial charge < -0.3 is 36.3 Å². The molecule has 3 aliphatic carbocycles. The highest BCUT2D eigenvalue weighted by Gasteiger charge is 2.39. The minimum Gasteiger partial charge on any atom is -0.393 e. The summed E-state index contributed by atoms with van der Waals surface area (Å²) in [6.07, 6.45) is 15.4. The summed E-state index contributed by atoms with van der Waals surface area (Å²) in [7, 11) is 3.36. The molecular weight excluding hydrogens is 444 g/mol. The van der Waals surface area contributed by atoms with Crippen LogP contribution in [-0.2, 0) is 9.47 Å². The molecule has 0 saturated heterocycles. The van der Waals surface area contributed by atoms with Gasteiger partial charge in [-0.05, 0) is 106 Å². The van der Waals surface area contributed by atoms with Crippen molar-refractivity contribution in [3.63, 3.8) is 0 Å². The molecule has 3 aliphatic rings. The van der Waals surface area contributed by atoms with Crippen LogP contribution in [0.3, 0.4) is 0 Å². The fraction of sp³-hybridized carbons (Fsp3) is 0.857. The molecule has 0 aliphatic heterocycles. The molecule has 10 unspecified atom stereocenters. The minimum absolute atomic E-state index is 0.166. The Hall–Kier alpha value is -0.800. The van der Waals surface area contributed by atoms with Gasteiger partial charge >= 0.3 is 0 Å². The fourth-order valence-corrected chi connectivity index (χ4v) is 7.11. The number of aliphatic hydroxyl groups excluding tert-OH is 3. The standard InChI is InChI=1S/C28H50N2O5/c1-34-27-23(11-13-29)20(7-9-25(27)32)5-3-18-15-19(17-22(31)16-18)4-6-21-8-10-26(33)28(35-2)24(21)12-14-30/h3-6,18-28,31-33H,7-17,29-30H2,1-2H3. The molecule has 0 aromatic heterocycles. The second-order valence-electron chi connectivity index (χ2n) is 11.2. The smallest absolute Gasteiger partial charge is 0.0864 e. The summed E-state index contributed by atoms with van der Waals surface area (Å²) in [5.41, 5.74) is 11.8. The average Bonchev–Trinajstić information content (AvgIpc) is 2.83. The summed E-state index contributed by atoms with van der Waals surface area (Å²) < 4.78 is 11.3. The highest BCUT2D eigenvalue weighted by molar-refractivity contribution is 5.06. The van der Waals surface area contributed by atoms with Crippen LogP contribution in [0, 0.1) is 35.5 Å². The molecule has 7 nitrogen and oxygen atoms in total. The number of allylic oxidation sites excluding steroid dienone is 4. The number of methoxy groups -OCH3 is 2. The van der Waals surface area contributed by atoms with Crippen LogP contribution >= 0.6 is 0 Å². The van der Waals surface area contributed by atoms with Crippen molar-refractivity contribution < 1.29 is 24.8 Å². The number of hydrogen-bond donors (Lipinski definition) is 5. The lowest BCUT2D eigenvalue weighted by atomic mass is 9.72. The van der Waals surface area contributed by atoms with Crippen molar-refractivity contribution in [3.05, 3.63) is 24.3 Å². The van der Waals surface area contributed by atoms with E-state index in [-0.39, 0.29) is 30.1 Å². The van der Waals surface area contributed by atoms with Gasteiger partial charge in [0.2, 0.25) is 0 Å². The van der Waals surface area contributed by atoms with Crippen LogP contribution in [0.25, 0.3) is 0 Å². The molecule has 0 spiro atoms. The van der Waals surface area contributed by atoms with Gasteiger partial charge in [-0.25, -0.2) is 0 Å². The number of aliphatic hydroxyl groups is 3. The summed E-state index contributed by atoms with van der Waals surface area (Å²) in [6, 6.07) is 0. The van der Waals surface area contributed by atoms with E-state index in [1.54, 1.807) is 14.2 Å². The summed E-state index contributed by atoms with van der Waals surface area (Å²) in [5, 5.41) is 31.4. The number of rotatable bonds is 10. The Morgan fingerprint density at radius 1 is 0.657 bits per heavy atom. The molecule has 0 aromatic rings. The predicted molar refractivity (Wildman–Crippen MR) is 138 cm³/mol. The SMILES string of the molecule is COC1C(O)CCC(C=CC2CC(O)CC(C=CC3CCC(O)C(OC)C3CCN)C2)C1CCN. The molecule has 35 heavy (non-hydrogen) atoms. The fourth-order valence-electron chi connectivity index (χ4n) is 7.11.